The Morgan fingerprint density at radius 2 is 1.91 bits per heavy atom. The van der Waals surface area contributed by atoms with Gasteiger partial charge < -0.3 is 10.6 Å². The molecule has 0 spiro atoms. The molecule has 2 aromatic rings. The highest BCUT2D eigenvalue weighted by molar-refractivity contribution is 6.36. The highest BCUT2D eigenvalue weighted by atomic mass is 35.5. The Kier molecular flexibility index (Phi) is 3.98. The van der Waals surface area contributed by atoms with Crippen molar-refractivity contribution in [3.05, 3.63) is 53.6 Å². The van der Waals surface area contributed by atoms with Crippen molar-refractivity contribution in [1.29, 1.82) is 0 Å². The molecule has 0 radical (unpaired) electrons. The number of nitrogens with two attached hydrogens (primary N) is 1. The number of halogens is 3. The van der Waals surface area contributed by atoms with E-state index in [-0.39, 0.29) is 17.3 Å². The van der Waals surface area contributed by atoms with Crippen LogP contribution in [0.1, 0.15) is 6.42 Å². The fraction of sp³-hybridized carbons (Fsp3) is 0.235. The molecule has 1 fully saturated rings. The Morgan fingerprint density at radius 1 is 1.22 bits per heavy atom. The van der Waals surface area contributed by atoms with Crippen LogP contribution in [-0.2, 0) is 4.79 Å². The topological polar surface area (TPSA) is 46.3 Å². The van der Waals surface area contributed by atoms with Gasteiger partial charge in [0.1, 0.15) is 6.17 Å². The first kappa shape index (κ1) is 15.7. The molecule has 0 aliphatic carbocycles. The minimum Gasteiger partial charge on any atom is -0.365 e. The van der Waals surface area contributed by atoms with E-state index in [0.29, 0.717) is 5.56 Å². The first-order valence-electron chi connectivity index (χ1n) is 7.18. The van der Waals surface area contributed by atoms with E-state index in [0.717, 1.165) is 10.5 Å². The van der Waals surface area contributed by atoms with Gasteiger partial charge in [0.25, 0.3) is 11.7 Å². The molecule has 1 aliphatic rings. The third-order valence-corrected chi connectivity index (χ3v) is 4.43. The molecule has 1 heterocycles. The molecule has 0 bridgehead atoms. The molecule has 3 rings (SSSR count). The molecule has 2 unspecified atom stereocenters. The SMILES string of the molecule is NC(=O)C1(F)CC(F)CN1c1cccc(-c2ccccc2)c1Cl. The summed E-state index contributed by atoms with van der Waals surface area (Å²) in [6.07, 6.45) is -2.07. The number of hydrogen-bond acceptors (Lipinski definition) is 2. The number of amides is 1. The van der Waals surface area contributed by atoms with E-state index in [1.165, 1.54) is 0 Å². The standard InChI is InChI=1S/C17H15ClF2N2O/c18-15-13(11-5-2-1-3-6-11)7-4-8-14(15)22-10-12(19)9-17(22,20)16(21)23/h1-8,12H,9-10H2,(H2,21,23). The number of carbonyl (C=O) groups is 1. The predicted octanol–water partition coefficient (Wildman–Crippen LogP) is 3.71. The smallest absolute Gasteiger partial charge is 0.276 e. The van der Waals surface area contributed by atoms with Crippen LogP contribution in [0.15, 0.2) is 48.5 Å². The fourth-order valence-electron chi connectivity index (χ4n) is 2.90. The summed E-state index contributed by atoms with van der Waals surface area (Å²) in [5.41, 5.74) is 6.94. The van der Waals surface area contributed by atoms with Crippen LogP contribution in [0.5, 0.6) is 0 Å². The van der Waals surface area contributed by atoms with Crippen molar-refractivity contribution in [2.24, 2.45) is 5.73 Å². The van der Waals surface area contributed by atoms with Crippen molar-refractivity contribution >= 4 is 23.2 Å². The average molecular weight is 337 g/mol. The lowest BCUT2D eigenvalue weighted by molar-refractivity contribution is -0.129. The minimum absolute atomic E-state index is 0.259. The molecule has 3 nitrogen and oxygen atoms in total. The second-order valence-corrected chi connectivity index (χ2v) is 5.92. The molecule has 2 atom stereocenters. The zero-order valence-electron chi connectivity index (χ0n) is 12.2. The monoisotopic (exact) mass is 336 g/mol. The summed E-state index contributed by atoms with van der Waals surface area (Å²) in [5.74, 6) is -3.78. The summed E-state index contributed by atoms with van der Waals surface area (Å²) in [4.78, 5) is 12.5. The van der Waals surface area contributed by atoms with Gasteiger partial charge in [-0.1, -0.05) is 54.1 Å². The molecular formula is C17H15ClF2N2O. The molecule has 1 aliphatic heterocycles. The number of carbonyl (C=O) groups excluding carboxylic acids is 1. The Balaban J connectivity index is 2.09. The lowest BCUT2D eigenvalue weighted by atomic mass is 10.0. The summed E-state index contributed by atoms with van der Waals surface area (Å²) in [6, 6.07) is 14.3. The summed E-state index contributed by atoms with van der Waals surface area (Å²) >= 11 is 6.42. The van der Waals surface area contributed by atoms with E-state index >= 15 is 0 Å². The van der Waals surface area contributed by atoms with Crippen LogP contribution in [0.4, 0.5) is 14.5 Å². The first-order chi connectivity index (χ1) is 10.9. The Labute approximate surface area is 137 Å². The molecule has 6 heteroatoms. The van der Waals surface area contributed by atoms with Gasteiger partial charge in [-0.05, 0) is 11.6 Å². The van der Waals surface area contributed by atoms with Gasteiger partial charge >= 0.3 is 0 Å². The lowest BCUT2D eigenvalue weighted by Crippen LogP contribution is -2.50. The van der Waals surface area contributed by atoms with E-state index in [4.69, 9.17) is 17.3 Å². The third kappa shape index (κ3) is 2.65. The molecule has 0 saturated carbocycles. The predicted molar refractivity (Wildman–Crippen MR) is 86.8 cm³/mol. The normalized spacial score (nSPS) is 24.0. The van der Waals surface area contributed by atoms with Crippen LogP contribution in [0, 0.1) is 0 Å². The number of nitrogens with zero attached hydrogens (tertiary/aromatic N) is 1. The number of primary amides is 1. The van der Waals surface area contributed by atoms with E-state index in [9.17, 15) is 13.6 Å². The second-order valence-electron chi connectivity index (χ2n) is 5.54. The second kappa shape index (κ2) is 5.81. The molecule has 2 aromatic carbocycles. The van der Waals surface area contributed by atoms with E-state index in [1.54, 1.807) is 18.2 Å². The van der Waals surface area contributed by atoms with E-state index < -0.39 is 24.3 Å². The fourth-order valence-corrected chi connectivity index (χ4v) is 3.24. The summed E-state index contributed by atoms with van der Waals surface area (Å²) in [5, 5.41) is 0.260. The highest BCUT2D eigenvalue weighted by Gasteiger charge is 2.52. The van der Waals surface area contributed by atoms with Crippen LogP contribution < -0.4 is 10.6 Å². The first-order valence-corrected chi connectivity index (χ1v) is 7.56. The number of anilines is 1. The van der Waals surface area contributed by atoms with Crippen molar-refractivity contribution in [3.63, 3.8) is 0 Å². The van der Waals surface area contributed by atoms with Crippen molar-refractivity contribution in [3.8, 4) is 11.1 Å². The Bertz CT molecular complexity index is 741. The van der Waals surface area contributed by atoms with Gasteiger partial charge in [-0.15, -0.1) is 0 Å². The number of rotatable bonds is 3. The van der Waals surface area contributed by atoms with Crippen LogP contribution >= 0.6 is 11.6 Å². The summed E-state index contributed by atoms with van der Waals surface area (Å²) < 4.78 is 28.6. The molecule has 2 N–H and O–H groups in total. The van der Waals surface area contributed by atoms with E-state index in [1.807, 2.05) is 30.3 Å². The molecule has 23 heavy (non-hydrogen) atoms. The molecular weight excluding hydrogens is 322 g/mol. The number of alkyl halides is 2. The molecule has 1 saturated heterocycles. The number of hydrogen-bond donors (Lipinski definition) is 1. The van der Waals surface area contributed by atoms with Crippen LogP contribution in [-0.4, -0.2) is 24.4 Å². The molecule has 0 aromatic heterocycles. The summed E-state index contributed by atoms with van der Waals surface area (Å²) in [6.45, 7) is -0.266. The maximum Gasteiger partial charge on any atom is 0.276 e. The van der Waals surface area contributed by atoms with Gasteiger partial charge in [0.05, 0.1) is 17.3 Å². The molecule has 120 valence electrons. The Morgan fingerprint density at radius 3 is 2.57 bits per heavy atom. The maximum atomic E-state index is 14.9. The maximum absolute atomic E-state index is 14.9. The highest BCUT2D eigenvalue weighted by Crippen LogP contribution is 2.43. The van der Waals surface area contributed by atoms with Crippen molar-refractivity contribution in [2.45, 2.75) is 18.4 Å². The van der Waals surface area contributed by atoms with Crippen LogP contribution in [0.25, 0.3) is 11.1 Å². The van der Waals surface area contributed by atoms with Gasteiger partial charge in [-0.3, -0.25) is 4.79 Å². The van der Waals surface area contributed by atoms with Crippen LogP contribution in [0.2, 0.25) is 5.02 Å². The van der Waals surface area contributed by atoms with Gasteiger partial charge in [-0.2, -0.15) is 0 Å². The largest absolute Gasteiger partial charge is 0.365 e. The average Bonchev–Trinajstić information content (AvgIpc) is 2.84. The minimum atomic E-state index is -2.57. The summed E-state index contributed by atoms with van der Waals surface area (Å²) in [7, 11) is 0. The zero-order valence-corrected chi connectivity index (χ0v) is 12.9. The quantitative estimate of drug-likeness (QED) is 0.869. The zero-order chi connectivity index (χ0) is 16.6. The molecule has 1 amide bonds. The van der Waals surface area contributed by atoms with Gasteiger partial charge in [0, 0.05) is 12.0 Å². The van der Waals surface area contributed by atoms with Gasteiger partial charge in [-0.25, -0.2) is 8.78 Å². The van der Waals surface area contributed by atoms with Crippen molar-refractivity contribution in [2.75, 3.05) is 11.4 Å². The van der Waals surface area contributed by atoms with Crippen molar-refractivity contribution in [1.82, 2.24) is 0 Å². The van der Waals surface area contributed by atoms with E-state index in [2.05, 4.69) is 0 Å². The van der Waals surface area contributed by atoms with Crippen molar-refractivity contribution < 1.29 is 13.6 Å². The lowest BCUT2D eigenvalue weighted by Gasteiger charge is -2.31. The van der Waals surface area contributed by atoms with Crippen LogP contribution in [0.3, 0.4) is 0 Å². The van der Waals surface area contributed by atoms with Gasteiger partial charge in [0.15, 0.2) is 0 Å². The Hall–Kier alpha value is -2.14. The third-order valence-electron chi connectivity index (χ3n) is 4.03. The van der Waals surface area contributed by atoms with Gasteiger partial charge in [0.2, 0.25) is 0 Å². The number of benzene rings is 2.